The molecule has 0 aliphatic heterocycles. The second kappa shape index (κ2) is 5.73. The Morgan fingerprint density at radius 3 is 2.83 bits per heavy atom. The van der Waals surface area contributed by atoms with Crippen LogP contribution >= 0.6 is 11.8 Å². The first-order chi connectivity index (χ1) is 8.70. The molecule has 0 aliphatic rings. The molecule has 0 saturated heterocycles. The fourth-order valence-corrected chi connectivity index (χ4v) is 2.50. The number of rotatable bonds is 5. The van der Waals surface area contributed by atoms with Crippen molar-refractivity contribution in [3.05, 3.63) is 58.0 Å². The van der Waals surface area contributed by atoms with E-state index in [0.29, 0.717) is 10.6 Å². The maximum absolute atomic E-state index is 11.0. The average Bonchev–Trinajstić information content (AvgIpc) is 2.89. The van der Waals surface area contributed by atoms with E-state index in [1.54, 1.807) is 12.3 Å². The van der Waals surface area contributed by atoms with E-state index in [9.17, 15) is 10.1 Å². The summed E-state index contributed by atoms with van der Waals surface area (Å²) in [5.41, 5.74) is 1.15. The maximum atomic E-state index is 11.0. The first-order valence-corrected chi connectivity index (χ1v) is 6.61. The van der Waals surface area contributed by atoms with Gasteiger partial charge in [-0.25, -0.2) is 0 Å². The van der Waals surface area contributed by atoms with Gasteiger partial charge in [0.1, 0.15) is 5.76 Å². The minimum atomic E-state index is -0.330. The maximum Gasteiger partial charge on any atom is 0.283 e. The second-order valence-corrected chi connectivity index (χ2v) is 4.80. The van der Waals surface area contributed by atoms with E-state index >= 15 is 0 Å². The molecule has 2 rings (SSSR count). The molecule has 0 atom stereocenters. The van der Waals surface area contributed by atoms with Crippen LogP contribution in [-0.4, -0.2) is 4.92 Å². The van der Waals surface area contributed by atoms with Crippen LogP contribution in [0.4, 0.5) is 5.69 Å². The van der Waals surface area contributed by atoms with Crippen LogP contribution in [0.2, 0.25) is 0 Å². The van der Waals surface area contributed by atoms with Gasteiger partial charge in [0.2, 0.25) is 0 Å². The Labute approximate surface area is 109 Å². The summed E-state index contributed by atoms with van der Waals surface area (Å²) in [5, 5.41) is 11.0. The highest BCUT2D eigenvalue weighted by Crippen LogP contribution is 2.32. The van der Waals surface area contributed by atoms with Crippen molar-refractivity contribution in [3.63, 3.8) is 0 Å². The highest BCUT2D eigenvalue weighted by Gasteiger charge is 2.15. The Balaban J connectivity index is 2.18. The molecule has 0 saturated carbocycles. The zero-order valence-electron chi connectivity index (χ0n) is 9.96. The molecular formula is C13H13NO3S. The molecule has 0 fully saturated rings. The van der Waals surface area contributed by atoms with Gasteiger partial charge in [-0.3, -0.25) is 10.1 Å². The van der Waals surface area contributed by atoms with Gasteiger partial charge < -0.3 is 4.42 Å². The molecule has 1 heterocycles. The summed E-state index contributed by atoms with van der Waals surface area (Å²) in [6.45, 7) is 1.98. The number of nitro benzene ring substituents is 1. The molecule has 1 aromatic heterocycles. The first-order valence-electron chi connectivity index (χ1n) is 5.63. The van der Waals surface area contributed by atoms with E-state index in [1.165, 1.54) is 11.8 Å². The van der Waals surface area contributed by atoms with Gasteiger partial charge in [-0.15, -0.1) is 11.8 Å². The van der Waals surface area contributed by atoms with Crippen LogP contribution in [0, 0.1) is 10.1 Å². The standard InChI is InChI=1S/C13H13NO3S/c1-2-10-5-6-13(12(8-10)14(15)16)18-9-11-4-3-7-17-11/h3-8H,2,9H2,1H3. The van der Waals surface area contributed by atoms with Crippen molar-refractivity contribution in [1.29, 1.82) is 0 Å². The van der Waals surface area contributed by atoms with Gasteiger partial charge in [0.25, 0.3) is 5.69 Å². The summed E-state index contributed by atoms with van der Waals surface area (Å²) in [6.07, 6.45) is 2.40. The molecule has 0 aliphatic carbocycles. The summed E-state index contributed by atoms with van der Waals surface area (Å²) in [7, 11) is 0. The summed E-state index contributed by atoms with van der Waals surface area (Å²) in [6, 6.07) is 9.05. The topological polar surface area (TPSA) is 56.3 Å². The van der Waals surface area contributed by atoms with E-state index in [1.807, 2.05) is 31.2 Å². The van der Waals surface area contributed by atoms with Crippen molar-refractivity contribution in [2.45, 2.75) is 24.0 Å². The molecule has 4 nitrogen and oxygen atoms in total. The quantitative estimate of drug-likeness (QED) is 0.464. The van der Waals surface area contributed by atoms with E-state index in [2.05, 4.69) is 0 Å². The molecule has 0 unspecified atom stereocenters. The molecule has 0 N–H and O–H groups in total. The Hall–Kier alpha value is -1.75. The van der Waals surface area contributed by atoms with Gasteiger partial charge in [-0.1, -0.05) is 13.0 Å². The van der Waals surface area contributed by atoms with Gasteiger partial charge in [0.05, 0.1) is 21.8 Å². The van der Waals surface area contributed by atoms with Crippen molar-refractivity contribution < 1.29 is 9.34 Å². The molecule has 0 spiro atoms. The third-order valence-electron chi connectivity index (χ3n) is 2.58. The van der Waals surface area contributed by atoms with Crippen LogP contribution in [-0.2, 0) is 12.2 Å². The lowest BCUT2D eigenvalue weighted by molar-refractivity contribution is -0.387. The van der Waals surface area contributed by atoms with Crippen LogP contribution in [0.3, 0.4) is 0 Å². The van der Waals surface area contributed by atoms with Gasteiger partial charge in [0.15, 0.2) is 0 Å². The number of hydrogen-bond acceptors (Lipinski definition) is 4. The number of thioether (sulfide) groups is 1. The van der Waals surface area contributed by atoms with Gasteiger partial charge in [0, 0.05) is 6.07 Å². The lowest BCUT2D eigenvalue weighted by Gasteiger charge is -2.03. The molecule has 5 heteroatoms. The van der Waals surface area contributed by atoms with Crippen molar-refractivity contribution in [3.8, 4) is 0 Å². The Morgan fingerprint density at radius 2 is 2.22 bits per heavy atom. The smallest absolute Gasteiger partial charge is 0.283 e. The summed E-state index contributed by atoms with van der Waals surface area (Å²) in [5.74, 6) is 1.41. The highest BCUT2D eigenvalue weighted by atomic mass is 32.2. The Kier molecular flexibility index (Phi) is 4.04. The molecular weight excluding hydrogens is 250 g/mol. The average molecular weight is 263 g/mol. The van der Waals surface area contributed by atoms with Crippen molar-refractivity contribution in [2.24, 2.45) is 0 Å². The predicted octanol–water partition coefficient (Wildman–Crippen LogP) is 4.04. The van der Waals surface area contributed by atoms with Crippen molar-refractivity contribution in [1.82, 2.24) is 0 Å². The number of furan rings is 1. The lowest BCUT2D eigenvalue weighted by Crippen LogP contribution is -1.93. The SMILES string of the molecule is CCc1ccc(SCc2ccco2)c([N+](=O)[O-])c1. The van der Waals surface area contributed by atoms with Crippen LogP contribution in [0.15, 0.2) is 45.9 Å². The second-order valence-electron chi connectivity index (χ2n) is 3.78. The van der Waals surface area contributed by atoms with Crippen LogP contribution in [0.5, 0.6) is 0 Å². The molecule has 0 amide bonds. The Morgan fingerprint density at radius 1 is 1.39 bits per heavy atom. The molecule has 0 bridgehead atoms. The minimum absolute atomic E-state index is 0.172. The largest absolute Gasteiger partial charge is 0.468 e. The molecule has 1 aromatic carbocycles. The number of nitro groups is 1. The number of nitrogens with zero attached hydrogens (tertiary/aromatic N) is 1. The monoisotopic (exact) mass is 263 g/mol. The number of benzene rings is 1. The summed E-state index contributed by atoms with van der Waals surface area (Å²) >= 11 is 1.42. The van der Waals surface area contributed by atoms with Gasteiger partial charge in [-0.05, 0) is 30.2 Å². The van der Waals surface area contributed by atoms with E-state index in [0.717, 1.165) is 17.7 Å². The first kappa shape index (κ1) is 12.7. The molecule has 0 radical (unpaired) electrons. The summed E-state index contributed by atoms with van der Waals surface area (Å²) < 4.78 is 5.21. The van der Waals surface area contributed by atoms with E-state index in [4.69, 9.17) is 4.42 Å². The Bertz CT molecular complexity index is 537. The van der Waals surface area contributed by atoms with Crippen LogP contribution in [0.1, 0.15) is 18.2 Å². The van der Waals surface area contributed by atoms with Gasteiger partial charge >= 0.3 is 0 Å². The zero-order valence-corrected chi connectivity index (χ0v) is 10.8. The number of hydrogen-bond donors (Lipinski definition) is 0. The zero-order chi connectivity index (χ0) is 13.0. The lowest BCUT2D eigenvalue weighted by atomic mass is 10.1. The third-order valence-corrected chi connectivity index (χ3v) is 3.66. The summed E-state index contributed by atoms with van der Waals surface area (Å²) in [4.78, 5) is 11.4. The van der Waals surface area contributed by atoms with Crippen LogP contribution < -0.4 is 0 Å². The molecule has 18 heavy (non-hydrogen) atoms. The van der Waals surface area contributed by atoms with Crippen molar-refractivity contribution >= 4 is 17.4 Å². The van der Waals surface area contributed by atoms with Crippen molar-refractivity contribution in [2.75, 3.05) is 0 Å². The number of aryl methyl sites for hydroxylation is 1. The fraction of sp³-hybridized carbons (Fsp3) is 0.231. The predicted molar refractivity (Wildman–Crippen MR) is 70.7 cm³/mol. The normalized spacial score (nSPS) is 10.5. The third kappa shape index (κ3) is 2.92. The van der Waals surface area contributed by atoms with E-state index in [-0.39, 0.29) is 10.6 Å². The van der Waals surface area contributed by atoms with E-state index < -0.39 is 0 Å². The highest BCUT2D eigenvalue weighted by molar-refractivity contribution is 7.98. The minimum Gasteiger partial charge on any atom is -0.468 e. The van der Waals surface area contributed by atoms with Gasteiger partial charge in [-0.2, -0.15) is 0 Å². The fourth-order valence-electron chi connectivity index (χ4n) is 1.59. The van der Waals surface area contributed by atoms with Crippen LogP contribution in [0.25, 0.3) is 0 Å². The molecule has 94 valence electrons. The molecule has 2 aromatic rings.